The highest BCUT2D eigenvalue weighted by Gasteiger charge is 2.59. The molecule has 5 nitrogen and oxygen atoms in total. The maximum absolute atomic E-state index is 12.7. The Hall–Kier alpha value is -1.90. The number of halogens is 3. The molecule has 0 aromatic heterocycles. The smallest absolute Gasteiger partial charge is 0.254 e. The third-order valence-electron chi connectivity index (χ3n) is 6.10. The molecule has 0 radical (unpaired) electrons. The summed E-state index contributed by atoms with van der Waals surface area (Å²) < 4.78 is 6.77. The minimum absolute atomic E-state index is 0.180. The fourth-order valence-electron chi connectivity index (χ4n) is 4.63. The largest absolute Gasteiger partial charge is 0.488 e. The number of benzene rings is 2. The summed E-state index contributed by atoms with van der Waals surface area (Å²) in [4.78, 5) is 25.4. The molecule has 0 spiro atoms. The third kappa shape index (κ3) is 3.79. The van der Waals surface area contributed by atoms with Crippen LogP contribution in [0.25, 0.3) is 0 Å². The Bertz CT molecular complexity index is 1120. The number of carbonyl (C=O) groups is 2. The minimum Gasteiger partial charge on any atom is -0.488 e. The van der Waals surface area contributed by atoms with Crippen LogP contribution in [-0.4, -0.2) is 23.0 Å². The number of nitrogens with zero attached hydrogens (tertiary/aromatic N) is 2. The van der Waals surface area contributed by atoms with Gasteiger partial charge in [-0.3, -0.25) is 9.59 Å². The van der Waals surface area contributed by atoms with Crippen LogP contribution >= 0.6 is 45.8 Å². The molecule has 1 saturated heterocycles. The van der Waals surface area contributed by atoms with E-state index >= 15 is 0 Å². The quantitative estimate of drug-likeness (QED) is 0.213. The van der Waals surface area contributed by atoms with E-state index in [4.69, 9.17) is 27.9 Å². The van der Waals surface area contributed by atoms with Crippen molar-refractivity contribution >= 4 is 63.8 Å². The average molecular weight is 567 g/mol. The fraction of sp³-hybridized carbons (Fsp3) is 0.261. The Morgan fingerprint density at radius 1 is 1.03 bits per heavy atom. The lowest BCUT2D eigenvalue weighted by Crippen LogP contribution is -2.28. The number of hydrogen-bond acceptors (Lipinski definition) is 4. The molecule has 1 aliphatic heterocycles. The van der Waals surface area contributed by atoms with E-state index in [1.54, 1.807) is 18.3 Å². The van der Waals surface area contributed by atoms with Crippen LogP contribution in [0.2, 0.25) is 10.0 Å². The van der Waals surface area contributed by atoms with Crippen molar-refractivity contribution in [1.82, 2.24) is 5.01 Å². The maximum atomic E-state index is 12.7. The zero-order valence-electron chi connectivity index (χ0n) is 16.2. The lowest BCUT2D eigenvalue weighted by molar-refractivity contribution is -0.140. The van der Waals surface area contributed by atoms with Gasteiger partial charge in [0.2, 0.25) is 0 Å². The molecule has 0 N–H and O–H groups in total. The molecule has 3 aliphatic rings. The Labute approximate surface area is 203 Å². The van der Waals surface area contributed by atoms with E-state index in [9.17, 15) is 9.59 Å². The van der Waals surface area contributed by atoms with E-state index in [0.717, 1.165) is 26.1 Å². The second-order valence-electron chi connectivity index (χ2n) is 7.96. The highest BCUT2D eigenvalue weighted by molar-refractivity contribution is 14.1. The Morgan fingerprint density at radius 2 is 1.74 bits per heavy atom. The van der Waals surface area contributed by atoms with Gasteiger partial charge in [0.15, 0.2) is 0 Å². The Kier molecular flexibility index (Phi) is 5.56. The highest BCUT2D eigenvalue weighted by atomic mass is 127. The maximum Gasteiger partial charge on any atom is 0.254 e. The van der Waals surface area contributed by atoms with Gasteiger partial charge in [-0.2, -0.15) is 10.1 Å². The molecule has 2 amide bonds. The first-order valence-electron chi connectivity index (χ1n) is 9.89. The van der Waals surface area contributed by atoms with Crippen molar-refractivity contribution in [3.8, 4) is 5.75 Å². The number of ether oxygens (including phenoxy) is 1. The molecule has 2 aromatic carbocycles. The molecule has 8 heteroatoms. The Balaban J connectivity index is 1.26. The summed E-state index contributed by atoms with van der Waals surface area (Å²) in [5.41, 5.74) is 1.70. The van der Waals surface area contributed by atoms with Crippen molar-refractivity contribution in [2.24, 2.45) is 28.8 Å². The van der Waals surface area contributed by atoms with Gasteiger partial charge in [0, 0.05) is 0 Å². The monoisotopic (exact) mass is 566 g/mol. The van der Waals surface area contributed by atoms with Gasteiger partial charge in [0.05, 0.1) is 31.7 Å². The third-order valence-corrected chi connectivity index (χ3v) is 7.69. The van der Waals surface area contributed by atoms with Crippen molar-refractivity contribution in [2.75, 3.05) is 0 Å². The van der Waals surface area contributed by atoms with Crippen LogP contribution in [0.15, 0.2) is 53.7 Å². The van der Waals surface area contributed by atoms with Crippen LogP contribution in [-0.2, 0) is 16.2 Å². The van der Waals surface area contributed by atoms with Gasteiger partial charge in [-0.15, -0.1) is 0 Å². The molecular formula is C23H17Cl2IN2O3. The summed E-state index contributed by atoms with van der Waals surface area (Å²) in [6, 6.07) is 11.0. The zero-order valence-corrected chi connectivity index (χ0v) is 19.8. The first kappa shape index (κ1) is 21.0. The molecule has 2 bridgehead atoms. The van der Waals surface area contributed by atoms with Crippen molar-refractivity contribution in [3.05, 3.63) is 73.3 Å². The van der Waals surface area contributed by atoms with Crippen LogP contribution in [0.4, 0.5) is 0 Å². The Morgan fingerprint density at radius 3 is 2.39 bits per heavy atom. The second-order valence-corrected chi connectivity index (χ2v) is 9.94. The first-order chi connectivity index (χ1) is 14.9. The molecule has 2 aromatic rings. The molecule has 1 heterocycles. The van der Waals surface area contributed by atoms with Crippen molar-refractivity contribution < 1.29 is 14.3 Å². The molecule has 2 aliphatic carbocycles. The van der Waals surface area contributed by atoms with Crippen LogP contribution in [0.1, 0.15) is 17.5 Å². The van der Waals surface area contributed by atoms with Gasteiger partial charge >= 0.3 is 0 Å². The minimum atomic E-state index is -0.239. The summed E-state index contributed by atoms with van der Waals surface area (Å²) in [6.45, 7) is 0.357. The number of hydrazone groups is 1. The number of fused-ring (bicyclic) bond motifs is 5. The van der Waals surface area contributed by atoms with Gasteiger partial charge in [-0.1, -0.05) is 41.4 Å². The van der Waals surface area contributed by atoms with Gasteiger partial charge in [0.25, 0.3) is 11.8 Å². The normalized spacial score (nSPS) is 26.4. The van der Waals surface area contributed by atoms with E-state index < -0.39 is 0 Å². The number of carbonyl (C=O) groups excluding carboxylic acids is 2. The van der Waals surface area contributed by atoms with Crippen LogP contribution in [0.3, 0.4) is 0 Å². The molecule has 31 heavy (non-hydrogen) atoms. The predicted molar refractivity (Wildman–Crippen MR) is 127 cm³/mol. The number of allylic oxidation sites excluding steroid dienone is 2. The fourth-order valence-corrected chi connectivity index (χ4v) is 5.65. The standard InChI is InChI=1S/C23H17Cl2IN2O3/c24-16-5-1-13(7-17(16)25)11-31-19-6-2-12(8-18(19)26)10-27-28-22(29)20-14-3-4-15(9-14)21(20)23(28)30/h1-8,10,14-15,20-21H,9,11H2/t14-,15-,20-,21+/m0/s1. The van der Waals surface area contributed by atoms with E-state index in [-0.39, 0.29) is 35.5 Å². The first-order valence-corrected chi connectivity index (χ1v) is 11.7. The van der Waals surface area contributed by atoms with Gasteiger partial charge in [0.1, 0.15) is 12.4 Å². The number of hydrogen-bond donors (Lipinski definition) is 0. The van der Waals surface area contributed by atoms with Crippen molar-refractivity contribution in [3.63, 3.8) is 0 Å². The summed E-state index contributed by atoms with van der Waals surface area (Å²) in [5.74, 6) is 0.237. The molecule has 5 rings (SSSR count). The number of imide groups is 1. The van der Waals surface area contributed by atoms with Gasteiger partial charge < -0.3 is 4.74 Å². The van der Waals surface area contributed by atoms with E-state index in [1.807, 2.05) is 24.3 Å². The number of rotatable bonds is 5. The van der Waals surface area contributed by atoms with Gasteiger partial charge in [-0.25, -0.2) is 0 Å². The summed E-state index contributed by atoms with van der Waals surface area (Å²) in [6.07, 6.45) is 6.61. The van der Waals surface area contributed by atoms with Crippen molar-refractivity contribution in [2.45, 2.75) is 13.0 Å². The summed E-state index contributed by atoms with van der Waals surface area (Å²) in [7, 11) is 0. The summed E-state index contributed by atoms with van der Waals surface area (Å²) >= 11 is 14.2. The topological polar surface area (TPSA) is 59.0 Å². The lowest BCUT2D eigenvalue weighted by Gasteiger charge is -2.13. The van der Waals surface area contributed by atoms with E-state index in [0.29, 0.717) is 22.4 Å². The molecule has 1 saturated carbocycles. The van der Waals surface area contributed by atoms with Crippen LogP contribution < -0.4 is 4.74 Å². The van der Waals surface area contributed by atoms with Crippen LogP contribution in [0.5, 0.6) is 5.75 Å². The van der Waals surface area contributed by atoms with Crippen molar-refractivity contribution in [1.29, 1.82) is 0 Å². The van der Waals surface area contributed by atoms with Crippen LogP contribution in [0, 0.1) is 27.2 Å². The predicted octanol–water partition coefficient (Wildman–Crippen LogP) is 5.32. The van der Waals surface area contributed by atoms with Gasteiger partial charge in [-0.05, 0) is 82.3 Å². The average Bonchev–Trinajstić information content (AvgIpc) is 3.43. The molecule has 158 valence electrons. The van der Waals surface area contributed by atoms with E-state index in [2.05, 4.69) is 39.8 Å². The molecule has 0 unspecified atom stereocenters. The lowest BCUT2D eigenvalue weighted by atomic mass is 9.85. The van der Waals surface area contributed by atoms with E-state index in [1.165, 1.54) is 0 Å². The molecule has 4 atom stereocenters. The number of amides is 2. The second kappa shape index (κ2) is 8.22. The SMILES string of the molecule is O=C1[C@@H]2[C@H](C(=O)N1N=Cc1ccc(OCc3ccc(Cl)c(Cl)c3)c(I)c1)[C@H]1C=C[C@H]2C1. The molecular weight excluding hydrogens is 550 g/mol. The highest BCUT2D eigenvalue weighted by Crippen LogP contribution is 2.52. The molecule has 2 fully saturated rings. The zero-order chi connectivity index (χ0) is 21.7. The summed E-state index contributed by atoms with van der Waals surface area (Å²) in [5, 5.41) is 6.28.